The van der Waals surface area contributed by atoms with Gasteiger partial charge in [-0.15, -0.1) is 0 Å². The molecule has 0 radical (unpaired) electrons. The number of hydrogen-bond acceptors (Lipinski definition) is 2. The second-order valence-electron chi connectivity index (χ2n) is 4.47. The largest absolute Gasteiger partial charge is 0.477 e. The summed E-state index contributed by atoms with van der Waals surface area (Å²) in [5.74, 6) is -0.992. The first kappa shape index (κ1) is 13.4. The fourth-order valence-electron chi connectivity index (χ4n) is 2.22. The van der Waals surface area contributed by atoms with Gasteiger partial charge in [-0.25, -0.2) is 4.79 Å². The lowest BCUT2D eigenvalue weighted by atomic mass is 10.1. The van der Waals surface area contributed by atoms with Crippen LogP contribution in [0.4, 0.5) is 0 Å². The molecule has 3 aromatic rings. The van der Waals surface area contributed by atoms with Crippen molar-refractivity contribution in [1.29, 1.82) is 0 Å². The maximum Gasteiger partial charge on any atom is 0.353 e. The summed E-state index contributed by atoms with van der Waals surface area (Å²) in [6.45, 7) is 0. The molecule has 5 heteroatoms. The molecule has 3 rings (SSSR count). The molecule has 0 unspecified atom stereocenters. The van der Waals surface area contributed by atoms with Crippen LogP contribution in [0.3, 0.4) is 0 Å². The van der Waals surface area contributed by atoms with E-state index in [-0.39, 0.29) is 5.69 Å². The van der Waals surface area contributed by atoms with Gasteiger partial charge in [-0.05, 0) is 36.4 Å². The molecule has 104 valence electrons. The van der Waals surface area contributed by atoms with Gasteiger partial charge in [0.25, 0.3) is 0 Å². The van der Waals surface area contributed by atoms with Gasteiger partial charge in [-0.3, -0.25) is 4.98 Å². The standard InChI is InChI=1S/C16H11ClN2O2/c17-12-3-5-13(6-4-12)19-9-7-14(15(19)16(20)21)11-2-1-8-18-10-11/h1-10H,(H,20,21). The van der Waals surface area contributed by atoms with Crippen molar-refractivity contribution in [3.63, 3.8) is 0 Å². The first-order valence-electron chi connectivity index (χ1n) is 6.28. The fourth-order valence-corrected chi connectivity index (χ4v) is 2.35. The van der Waals surface area contributed by atoms with Crippen molar-refractivity contribution in [2.24, 2.45) is 0 Å². The van der Waals surface area contributed by atoms with Crippen LogP contribution in [-0.2, 0) is 0 Å². The Morgan fingerprint density at radius 3 is 2.52 bits per heavy atom. The van der Waals surface area contributed by atoms with E-state index in [1.807, 2.05) is 6.07 Å². The quantitative estimate of drug-likeness (QED) is 0.798. The van der Waals surface area contributed by atoms with Crippen molar-refractivity contribution >= 4 is 17.6 Å². The van der Waals surface area contributed by atoms with Gasteiger partial charge in [0.05, 0.1) is 0 Å². The molecule has 0 aliphatic carbocycles. The molecule has 0 aliphatic rings. The Kier molecular flexibility index (Phi) is 3.46. The smallest absolute Gasteiger partial charge is 0.353 e. The van der Waals surface area contributed by atoms with Gasteiger partial charge in [0.1, 0.15) is 5.69 Å². The van der Waals surface area contributed by atoms with Crippen LogP contribution in [0.1, 0.15) is 10.5 Å². The third kappa shape index (κ3) is 2.53. The van der Waals surface area contributed by atoms with Crippen LogP contribution in [0.15, 0.2) is 61.1 Å². The van der Waals surface area contributed by atoms with E-state index in [1.54, 1.807) is 59.6 Å². The molecule has 2 aromatic heterocycles. The minimum absolute atomic E-state index is 0.199. The molecule has 0 fully saturated rings. The van der Waals surface area contributed by atoms with E-state index in [0.717, 1.165) is 11.3 Å². The zero-order valence-corrected chi connectivity index (χ0v) is 11.7. The molecule has 0 bridgehead atoms. The molecule has 0 saturated carbocycles. The van der Waals surface area contributed by atoms with Crippen molar-refractivity contribution in [2.75, 3.05) is 0 Å². The zero-order valence-electron chi connectivity index (χ0n) is 10.9. The predicted molar refractivity (Wildman–Crippen MR) is 81.0 cm³/mol. The van der Waals surface area contributed by atoms with Crippen molar-refractivity contribution < 1.29 is 9.90 Å². The first-order valence-corrected chi connectivity index (χ1v) is 6.65. The van der Waals surface area contributed by atoms with Gasteiger partial charge in [-0.1, -0.05) is 17.7 Å². The molecule has 0 saturated heterocycles. The third-order valence-corrected chi connectivity index (χ3v) is 3.42. The highest BCUT2D eigenvalue weighted by atomic mass is 35.5. The van der Waals surface area contributed by atoms with E-state index >= 15 is 0 Å². The Bertz CT molecular complexity index is 780. The number of aromatic carboxylic acids is 1. The Morgan fingerprint density at radius 2 is 1.90 bits per heavy atom. The van der Waals surface area contributed by atoms with Gasteiger partial charge >= 0.3 is 5.97 Å². The van der Waals surface area contributed by atoms with Gasteiger partial charge < -0.3 is 9.67 Å². The number of carboxylic acids is 1. The molecule has 0 amide bonds. The maximum absolute atomic E-state index is 11.6. The highest BCUT2D eigenvalue weighted by molar-refractivity contribution is 6.30. The number of carboxylic acid groups (broad SMARTS) is 1. The lowest BCUT2D eigenvalue weighted by molar-refractivity contribution is 0.0689. The van der Waals surface area contributed by atoms with Crippen LogP contribution in [0.2, 0.25) is 5.02 Å². The molecule has 0 spiro atoms. The third-order valence-electron chi connectivity index (χ3n) is 3.17. The second-order valence-corrected chi connectivity index (χ2v) is 4.91. The van der Waals surface area contributed by atoms with Crippen LogP contribution < -0.4 is 0 Å². The summed E-state index contributed by atoms with van der Waals surface area (Å²) in [6.07, 6.45) is 5.03. The van der Waals surface area contributed by atoms with Crippen LogP contribution >= 0.6 is 11.6 Å². The number of carbonyl (C=O) groups is 1. The summed E-state index contributed by atoms with van der Waals surface area (Å²) in [4.78, 5) is 15.7. The van der Waals surface area contributed by atoms with Crippen LogP contribution in [0.25, 0.3) is 16.8 Å². The lowest BCUT2D eigenvalue weighted by Gasteiger charge is -2.08. The Balaban J connectivity index is 2.17. The van der Waals surface area contributed by atoms with Crippen molar-refractivity contribution in [1.82, 2.24) is 9.55 Å². The monoisotopic (exact) mass is 298 g/mol. The summed E-state index contributed by atoms with van der Waals surface area (Å²) in [5, 5.41) is 10.2. The Hall–Kier alpha value is -2.59. The lowest BCUT2D eigenvalue weighted by Crippen LogP contribution is -2.07. The summed E-state index contributed by atoms with van der Waals surface area (Å²) < 4.78 is 1.63. The van der Waals surface area contributed by atoms with Crippen LogP contribution in [-0.4, -0.2) is 20.6 Å². The van der Waals surface area contributed by atoms with Crippen LogP contribution in [0, 0.1) is 0 Å². The van der Waals surface area contributed by atoms with Gasteiger partial charge in [0.2, 0.25) is 0 Å². The highest BCUT2D eigenvalue weighted by Gasteiger charge is 2.18. The highest BCUT2D eigenvalue weighted by Crippen LogP contribution is 2.27. The van der Waals surface area contributed by atoms with Crippen LogP contribution in [0.5, 0.6) is 0 Å². The summed E-state index contributed by atoms with van der Waals surface area (Å²) in [7, 11) is 0. The molecule has 2 heterocycles. The molecule has 1 aromatic carbocycles. The van der Waals surface area contributed by atoms with E-state index in [2.05, 4.69) is 4.98 Å². The molecule has 21 heavy (non-hydrogen) atoms. The minimum atomic E-state index is -0.992. The molecular formula is C16H11ClN2O2. The number of hydrogen-bond donors (Lipinski definition) is 1. The Morgan fingerprint density at radius 1 is 1.14 bits per heavy atom. The fraction of sp³-hybridized carbons (Fsp3) is 0. The number of benzene rings is 1. The number of halogens is 1. The number of aromatic nitrogens is 2. The van der Waals surface area contributed by atoms with Crippen molar-refractivity contribution in [3.05, 3.63) is 71.8 Å². The molecule has 4 nitrogen and oxygen atoms in total. The van der Waals surface area contributed by atoms with Crippen molar-refractivity contribution in [3.8, 4) is 16.8 Å². The molecule has 0 aliphatic heterocycles. The van der Waals surface area contributed by atoms with E-state index in [0.29, 0.717) is 10.6 Å². The molecule has 0 atom stereocenters. The van der Waals surface area contributed by atoms with Gasteiger partial charge in [0, 0.05) is 40.4 Å². The summed E-state index contributed by atoms with van der Waals surface area (Å²) in [6, 6.07) is 12.4. The summed E-state index contributed by atoms with van der Waals surface area (Å²) in [5.41, 5.74) is 2.34. The average Bonchev–Trinajstić information content (AvgIpc) is 2.94. The summed E-state index contributed by atoms with van der Waals surface area (Å²) >= 11 is 5.87. The molecule has 1 N–H and O–H groups in total. The number of rotatable bonds is 3. The topological polar surface area (TPSA) is 55.1 Å². The van der Waals surface area contributed by atoms with Gasteiger partial charge in [-0.2, -0.15) is 0 Å². The SMILES string of the molecule is O=C(O)c1c(-c2cccnc2)ccn1-c1ccc(Cl)cc1. The number of pyridine rings is 1. The zero-order chi connectivity index (χ0) is 14.8. The van der Waals surface area contributed by atoms with Gasteiger partial charge in [0.15, 0.2) is 0 Å². The van der Waals surface area contributed by atoms with E-state index < -0.39 is 5.97 Å². The second kappa shape index (κ2) is 5.42. The average molecular weight is 299 g/mol. The van der Waals surface area contributed by atoms with E-state index in [1.165, 1.54) is 0 Å². The van der Waals surface area contributed by atoms with Crippen molar-refractivity contribution in [2.45, 2.75) is 0 Å². The van der Waals surface area contributed by atoms with E-state index in [9.17, 15) is 9.90 Å². The number of nitrogens with zero attached hydrogens (tertiary/aromatic N) is 2. The van der Waals surface area contributed by atoms with E-state index in [4.69, 9.17) is 11.6 Å². The molecular weight excluding hydrogens is 288 g/mol. The minimum Gasteiger partial charge on any atom is -0.477 e. The first-order chi connectivity index (χ1) is 10.2. The Labute approximate surface area is 126 Å². The normalized spacial score (nSPS) is 10.5. The predicted octanol–water partition coefficient (Wildman–Crippen LogP) is 3.89. The maximum atomic E-state index is 11.6.